The number of carbonyl (C=O) groups excluding carboxylic acids is 1. The van der Waals surface area contributed by atoms with Gasteiger partial charge in [-0.1, -0.05) is 36.4 Å². The number of nitrogens with zero attached hydrogens (tertiary/aromatic N) is 1. The summed E-state index contributed by atoms with van der Waals surface area (Å²) in [5.74, 6) is -1.55. The smallest absolute Gasteiger partial charge is 0.335 e. The molecule has 0 atom stereocenters. The Morgan fingerprint density at radius 1 is 0.784 bits per heavy atom. The first-order valence-corrected chi connectivity index (χ1v) is 11.8. The topological polar surface area (TPSA) is 66.8 Å². The number of carbonyl (C=O) groups is 2. The lowest BCUT2D eigenvalue weighted by molar-refractivity contribution is 0.0694. The first-order chi connectivity index (χ1) is 17.9. The molecule has 4 aromatic carbocycles. The molecule has 0 spiro atoms. The van der Waals surface area contributed by atoms with E-state index in [0.29, 0.717) is 30.7 Å². The van der Waals surface area contributed by atoms with Crippen molar-refractivity contribution in [2.75, 3.05) is 6.54 Å². The van der Waals surface area contributed by atoms with Crippen LogP contribution in [0, 0.1) is 11.6 Å². The molecule has 1 amide bonds. The van der Waals surface area contributed by atoms with Crippen LogP contribution in [0.3, 0.4) is 0 Å². The van der Waals surface area contributed by atoms with Crippen LogP contribution in [0.2, 0.25) is 0 Å². The van der Waals surface area contributed by atoms with E-state index in [1.165, 1.54) is 36.4 Å². The highest BCUT2D eigenvalue weighted by molar-refractivity contribution is 5.94. The van der Waals surface area contributed by atoms with Crippen molar-refractivity contribution in [1.29, 1.82) is 0 Å². The molecule has 5 nitrogen and oxygen atoms in total. The summed E-state index contributed by atoms with van der Waals surface area (Å²) in [6, 6.07) is 25.2. The summed E-state index contributed by atoms with van der Waals surface area (Å²) in [6.45, 7) is 0.679. The molecule has 1 N–H and O–H groups in total. The van der Waals surface area contributed by atoms with Crippen LogP contribution in [0.4, 0.5) is 8.78 Å². The maximum atomic E-state index is 13.9. The lowest BCUT2D eigenvalue weighted by atomic mass is 10.1. The SMILES string of the molecule is O=C(O)c1ccc(CN(CCCc2cccc(F)c2)C(=O)c2ccc(Oc3ccccc3F)cc2)cc1. The number of halogens is 2. The van der Waals surface area contributed by atoms with Gasteiger partial charge >= 0.3 is 5.97 Å². The summed E-state index contributed by atoms with van der Waals surface area (Å²) in [6.07, 6.45) is 1.20. The molecule has 0 unspecified atom stereocenters. The van der Waals surface area contributed by atoms with Crippen molar-refractivity contribution in [3.8, 4) is 11.5 Å². The standard InChI is InChI=1S/C30H25F2NO4/c31-25-7-3-5-21(19-25)6-4-18-33(20-22-10-12-24(13-11-22)30(35)36)29(34)23-14-16-26(17-15-23)37-28-9-2-1-8-27(28)32/h1-3,5,7-17,19H,4,6,18,20H2,(H,35,36). The second-order valence-electron chi connectivity index (χ2n) is 8.52. The van der Waals surface area contributed by atoms with Gasteiger partial charge in [-0.2, -0.15) is 0 Å². The number of benzene rings is 4. The van der Waals surface area contributed by atoms with Gasteiger partial charge in [0.1, 0.15) is 11.6 Å². The van der Waals surface area contributed by atoms with Crippen molar-refractivity contribution in [3.63, 3.8) is 0 Å². The number of aromatic carboxylic acids is 1. The highest BCUT2D eigenvalue weighted by Crippen LogP contribution is 2.25. The van der Waals surface area contributed by atoms with Crippen molar-refractivity contribution >= 4 is 11.9 Å². The number of hydrogen-bond acceptors (Lipinski definition) is 3. The minimum absolute atomic E-state index is 0.0883. The molecule has 0 aliphatic carbocycles. The summed E-state index contributed by atoms with van der Waals surface area (Å²) in [4.78, 5) is 26.3. The Morgan fingerprint density at radius 3 is 2.16 bits per heavy atom. The van der Waals surface area contributed by atoms with E-state index in [-0.39, 0.29) is 29.6 Å². The Bertz CT molecular complexity index is 1370. The van der Waals surface area contributed by atoms with Crippen LogP contribution in [0.25, 0.3) is 0 Å². The third-order valence-corrected chi connectivity index (χ3v) is 5.81. The number of carboxylic acids is 1. The van der Waals surface area contributed by atoms with Crippen LogP contribution in [0.1, 0.15) is 38.3 Å². The Kier molecular flexibility index (Phi) is 8.26. The van der Waals surface area contributed by atoms with Gasteiger partial charge in [0.15, 0.2) is 11.6 Å². The molecule has 0 bridgehead atoms. The molecule has 0 aliphatic rings. The van der Waals surface area contributed by atoms with E-state index in [4.69, 9.17) is 9.84 Å². The van der Waals surface area contributed by atoms with Crippen molar-refractivity contribution in [1.82, 2.24) is 4.90 Å². The normalized spacial score (nSPS) is 10.6. The molecule has 188 valence electrons. The zero-order valence-electron chi connectivity index (χ0n) is 19.9. The Hall–Kier alpha value is -4.52. The van der Waals surface area contributed by atoms with E-state index in [9.17, 15) is 18.4 Å². The zero-order chi connectivity index (χ0) is 26.2. The van der Waals surface area contributed by atoms with E-state index < -0.39 is 11.8 Å². The molecule has 37 heavy (non-hydrogen) atoms. The van der Waals surface area contributed by atoms with Gasteiger partial charge < -0.3 is 14.7 Å². The third kappa shape index (κ3) is 7.01. The molecular weight excluding hydrogens is 476 g/mol. The Labute approximate surface area is 213 Å². The fourth-order valence-electron chi connectivity index (χ4n) is 3.89. The van der Waals surface area contributed by atoms with E-state index in [1.54, 1.807) is 59.5 Å². The predicted octanol–water partition coefficient (Wildman–Crippen LogP) is 6.73. The summed E-state index contributed by atoms with van der Waals surface area (Å²) >= 11 is 0. The molecule has 0 radical (unpaired) electrons. The molecule has 0 heterocycles. The molecule has 0 saturated heterocycles. The maximum Gasteiger partial charge on any atom is 0.335 e. The minimum atomic E-state index is -1.02. The quantitative estimate of drug-likeness (QED) is 0.262. The van der Waals surface area contributed by atoms with Crippen LogP contribution in [-0.4, -0.2) is 28.4 Å². The van der Waals surface area contributed by atoms with Crippen molar-refractivity contribution < 1.29 is 28.2 Å². The predicted molar refractivity (Wildman–Crippen MR) is 136 cm³/mol. The number of carboxylic acid groups (broad SMARTS) is 1. The van der Waals surface area contributed by atoms with Crippen LogP contribution in [-0.2, 0) is 13.0 Å². The lowest BCUT2D eigenvalue weighted by Gasteiger charge is -2.23. The van der Waals surface area contributed by atoms with Gasteiger partial charge in [-0.25, -0.2) is 13.6 Å². The number of rotatable bonds is 10. The molecule has 0 fully saturated rings. The number of aryl methyl sites for hydroxylation is 1. The van der Waals surface area contributed by atoms with E-state index in [2.05, 4.69) is 0 Å². The van der Waals surface area contributed by atoms with Crippen molar-refractivity contribution in [2.45, 2.75) is 19.4 Å². The summed E-state index contributed by atoms with van der Waals surface area (Å²) in [5.41, 5.74) is 2.21. The first kappa shape index (κ1) is 25.6. The van der Waals surface area contributed by atoms with Crippen LogP contribution < -0.4 is 4.74 Å². The molecule has 4 rings (SSSR count). The van der Waals surface area contributed by atoms with Gasteiger partial charge in [-0.05, 0) is 84.6 Å². The van der Waals surface area contributed by atoms with Gasteiger partial charge in [0.2, 0.25) is 0 Å². The van der Waals surface area contributed by atoms with E-state index in [0.717, 1.165) is 11.1 Å². The largest absolute Gasteiger partial charge is 0.478 e. The average Bonchev–Trinajstić information content (AvgIpc) is 2.90. The average molecular weight is 502 g/mol. The van der Waals surface area contributed by atoms with Crippen molar-refractivity contribution in [2.24, 2.45) is 0 Å². The van der Waals surface area contributed by atoms with Gasteiger partial charge in [0, 0.05) is 18.7 Å². The van der Waals surface area contributed by atoms with Crippen LogP contribution >= 0.6 is 0 Å². The molecule has 0 aliphatic heterocycles. The second-order valence-corrected chi connectivity index (χ2v) is 8.52. The number of amides is 1. The fourth-order valence-corrected chi connectivity index (χ4v) is 3.89. The highest BCUT2D eigenvalue weighted by atomic mass is 19.1. The maximum absolute atomic E-state index is 13.9. The van der Waals surface area contributed by atoms with Gasteiger partial charge in [0.05, 0.1) is 5.56 Å². The van der Waals surface area contributed by atoms with Crippen LogP contribution in [0.15, 0.2) is 97.1 Å². The lowest BCUT2D eigenvalue weighted by Crippen LogP contribution is -2.31. The summed E-state index contributed by atoms with van der Waals surface area (Å²) in [5, 5.41) is 9.15. The van der Waals surface area contributed by atoms with Gasteiger partial charge in [-0.3, -0.25) is 4.79 Å². The first-order valence-electron chi connectivity index (χ1n) is 11.8. The molecular formula is C30H25F2NO4. The highest BCUT2D eigenvalue weighted by Gasteiger charge is 2.17. The summed E-state index contributed by atoms with van der Waals surface area (Å²) in [7, 11) is 0. The van der Waals surface area contributed by atoms with Crippen molar-refractivity contribution in [3.05, 3.63) is 131 Å². The molecule has 4 aromatic rings. The van der Waals surface area contributed by atoms with Gasteiger partial charge in [0.25, 0.3) is 5.91 Å². The molecule has 0 aromatic heterocycles. The summed E-state index contributed by atoms with van der Waals surface area (Å²) < 4.78 is 33.0. The van der Waals surface area contributed by atoms with Crippen LogP contribution in [0.5, 0.6) is 11.5 Å². The Balaban J connectivity index is 1.48. The minimum Gasteiger partial charge on any atom is -0.478 e. The fraction of sp³-hybridized carbons (Fsp3) is 0.133. The Morgan fingerprint density at radius 2 is 1.49 bits per heavy atom. The second kappa shape index (κ2) is 11.9. The van der Waals surface area contributed by atoms with Gasteiger partial charge in [-0.15, -0.1) is 0 Å². The number of hydrogen-bond donors (Lipinski definition) is 1. The monoisotopic (exact) mass is 501 g/mol. The van der Waals surface area contributed by atoms with E-state index >= 15 is 0 Å². The van der Waals surface area contributed by atoms with E-state index in [1.807, 2.05) is 6.07 Å². The number of para-hydroxylation sites is 1. The number of ether oxygens (including phenoxy) is 1. The zero-order valence-corrected chi connectivity index (χ0v) is 19.9. The molecule has 7 heteroatoms. The third-order valence-electron chi connectivity index (χ3n) is 5.81. The molecule has 0 saturated carbocycles.